The fourth-order valence-electron chi connectivity index (χ4n) is 4.18. The van der Waals surface area contributed by atoms with Crippen LogP contribution in [-0.4, -0.2) is 58.8 Å². The Labute approximate surface area is 165 Å². The fourth-order valence-corrected chi connectivity index (χ4v) is 4.18. The molecule has 1 aromatic heterocycles. The number of nitrogens with zero attached hydrogens (tertiary/aromatic N) is 2. The van der Waals surface area contributed by atoms with Gasteiger partial charge in [-0.3, -0.25) is 4.79 Å². The second kappa shape index (κ2) is 7.31. The molecular weight excluding hydrogens is 383 g/mol. The number of fused-ring (bicyclic) bond motifs is 1. The number of benzene rings is 1. The van der Waals surface area contributed by atoms with Crippen molar-refractivity contribution in [3.63, 3.8) is 0 Å². The predicted molar refractivity (Wildman–Crippen MR) is 103 cm³/mol. The smallest absolute Gasteiger partial charge is 0.341 e. The summed E-state index contributed by atoms with van der Waals surface area (Å²) in [6.45, 7) is 0.428. The van der Waals surface area contributed by atoms with Crippen molar-refractivity contribution >= 4 is 22.6 Å². The number of carbonyl (C=O) groups is 1. The van der Waals surface area contributed by atoms with E-state index < -0.39 is 28.9 Å². The van der Waals surface area contributed by atoms with Crippen molar-refractivity contribution in [2.45, 2.75) is 31.4 Å². The van der Waals surface area contributed by atoms with Gasteiger partial charge in [0.1, 0.15) is 11.3 Å². The van der Waals surface area contributed by atoms with Crippen LogP contribution in [0.4, 0.5) is 10.1 Å². The van der Waals surface area contributed by atoms with Gasteiger partial charge in [-0.2, -0.15) is 0 Å². The summed E-state index contributed by atoms with van der Waals surface area (Å²) in [4.78, 5) is 26.0. The lowest BCUT2D eigenvalue weighted by atomic mass is 10.0. The fraction of sp³-hybridized carbons (Fsp3) is 0.500. The summed E-state index contributed by atoms with van der Waals surface area (Å²) in [6, 6.07) is 1.11. The molecule has 0 bridgehead atoms. The Morgan fingerprint density at radius 1 is 1.38 bits per heavy atom. The zero-order valence-corrected chi connectivity index (χ0v) is 16.0. The van der Waals surface area contributed by atoms with Gasteiger partial charge in [0.05, 0.1) is 30.7 Å². The molecule has 2 atom stereocenters. The summed E-state index contributed by atoms with van der Waals surface area (Å²) in [5, 5.41) is 28.5. The van der Waals surface area contributed by atoms with Crippen LogP contribution < -0.4 is 15.1 Å². The molecule has 3 N–H and O–H groups in total. The molecular formula is C20H23FN2O6. The minimum Gasteiger partial charge on any atom is -0.492 e. The van der Waals surface area contributed by atoms with Crippen molar-refractivity contribution in [3.05, 3.63) is 33.9 Å². The first-order valence-corrected chi connectivity index (χ1v) is 9.59. The van der Waals surface area contributed by atoms with Gasteiger partial charge in [0, 0.05) is 31.2 Å². The van der Waals surface area contributed by atoms with E-state index in [1.54, 1.807) is 9.47 Å². The van der Waals surface area contributed by atoms with Crippen LogP contribution in [0.3, 0.4) is 0 Å². The Bertz CT molecular complexity index is 1030. The summed E-state index contributed by atoms with van der Waals surface area (Å²) in [5.74, 6) is -2.06. The number of aromatic nitrogens is 1. The molecule has 156 valence electrons. The highest BCUT2D eigenvalue weighted by Gasteiger charge is 2.34. The average Bonchev–Trinajstić information content (AvgIpc) is 3.43. The van der Waals surface area contributed by atoms with E-state index >= 15 is 4.39 Å². The van der Waals surface area contributed by atoms with Gasteiger partial charge in [-0.15, -0.1) is 0 Å². The van der Waals surface area contributed by atoms with Crippen LogP contribution in [0.2, 0.25) is 0 Å². The summed E-state index contributed by atoms with van der Waals surface area (Å²) < 4.78 is 22.4. The number of aliphatic hydroxyl groups excluding tert-OH is 2. The summed E-state index contributed by atoms with van der Waals surface area (Å²) >= 11 is 0. The third-order valence-corrected chi connectivity index (χ3v) is 5.85. The minimum atomic E-state index is -1.35. The first-order valence-electron chi connectivity index (χ1n) is 9.59. The molecule has 1 aromatic carbocycles. The van der Waals surface area contributed by atoms with Crippen molar-refractivity contribution in [1.29, 1.82) is 0 Å². The Morgan fingerprint density at radius 3 is 2.69 bits per heavy atom. The Hall–Kier alpha value is -2.65. The lowest BCUT2D eigenvalue weighted by molar-refractivity contribution is 0.0545. The van der Waals surface area contributed by atoms with Crippen LogP contribution >= 0.6 is 0 Å². The number of ether oxygens (including phenoxy) is 1. The van der Waals surface area contributed by atoms with Crippen LogP contribution in [0, 0.1) is 11.7 Å². The first-order chi connectivity index (χ1) is 13.9. The lowest BCUT2D eigenvalue weighted by Crippen LogP contribution is -2.29. The van der Waals surface area contributed by atoms with Crippen molar-refractivity contribution in [3.8, 4) is 5.75 Å². The summed E-state index contributed by atoms with van der Waals surface area (Å²) in [7, 11) is 1.39. The second-order valence-electron chi connectivity index (χ2n) is 7.70. The van der Waals surface area contributed by atoms with Crippen molar-refractivity contribution in [2.75, 3.05) is 31.7 Å². The zero-order chi connectivity index (χ0) is 20.9. The number of pyridine rings is 1. The van der Waals surface area contributed by atoms with Gasteiger partial charge in [-0.1, -0.05) is 0 Å². The van der Waals surface area contributed by atoms with Crippen molar-refractivity contribution < 1.29 is 29.2 Å². The van der Waals surface area contributed by atoms with E-state index in [-0.39, 0.29) is 35.4 Å². The maximum absolute atomic E-state index is 15.2. The van der Waals surface area contributed by atoms with E-state index in [0.717, 1.165) is 18.9 Å². The van der Waals surface area contributed by atoms with Gasteiger partial charge in [0.25, 0.3) is 0 Å². The van der Waals surface area contributed by atoms with Gasteiger partial charge in [-0.25, -0.2) is 9.18 Å². The number of hydrogen-bond donors (Lipinski definition) is 3. The molecule has 29 heavy (non-hydrogen) atoms. The highest BCUT2D eigenvalue weighted by molar-refractivity contribution is 5.97. The first kappa shape index (κ1) is 19.7. The third kappa shape index (κ3) is 3.24. The predicted octanol–water partition coefficient (Wildman–Crippen LogP) is 1.36. The van der Waals surface area contributed by atoms with Crippen LogP contribution in [0.15, 0.2) is 17.1 Å². The number of anilines is 1. The molecule has 2 heterocycles. The number of aromatic carboxylic acids is 1. The molecule has 8 nitrogen and oxygen atoms in total. The van der Waals surface area contributed by atoms with Crippen molar-refractivity contribution in [1.82, 2.24) is 4.57 Å². The van der Waals surface area contributed by atoms with E-state index in [9.17, 15) is 24.9 Å². The molecule has 2 fully saturated rings. The lowest BCUT2D eigenvalue weighted by Gasteiger charge is -2.25. The molecule has 2 aliphatic rings. The molecule has 4 rings (SSSR count). The van der Waals surface area contributed by atoms with Gasteiger partial charge >= 0.3 is 5.97 Å². The van der Waals surface area contributed by atoms with Gasteiger partial charge in [-0.05, 0) is 25.3 Å². The highest BCUT2D eigenvalue weighted by atomic mass is 19.1. The second-order valence-corrected chi connectivity index (χ2v) is 7.70. The number of carboxylic acid groups (broad SMARTS) is 1. The molecule has 2 aromatic rings. The molecule has 1 saturated heterocycles. The molecule has 1 aliphatic heterocycles. The largest absolute Gasteiger partial charge is 0.492 e. The third-order valence-electron chi connectivity index (χ3n) is 5.85. The van der Waals surface area contributed by atoms with E-state index in [2.05, 4.69) is 0 Å². The zero-order valence-electron chi connectivity index (χ0n) is 16.0. The van der Waals surface area contributed by atoms with Crippen LogP contribution in [0.5, 0.6) is 5.75 Å². The van der Waals surface area contributed by atoms with Gasteiger partial charge < -0.3 is 29.5 Å². The van der Waals surface area contributed by atoms with Crippen LogP contribution in [-0.2, 0) is 0 Å². The number of rotatable bonds is 6. The normalized spacial score (nSPS) is 20.3. The van der Waals surface area contributed by atoms with E-state index in [0.29, 0.717) is 25.0 Å². The number of methoxy groups -OCH3 is 1. The summed E-state index contributed by atoms with van der Waals surface area (Å²) in [6.07, 6.45) is 2.67. The molecule has 9 heteroatoms. The number of hydrogen-bond acceptors (Lipinski definition) is 6. The Morgan fingerprint density at radius 2 is 2.10 bits per heavy atom. The van der Waals surface area contributed by atoms with E-state index in [4.69, 9.17) is 4.74 Å². The highest BCUT2D eigenvalue weighted by Crippen LogP contribution is 2.44. The number of halogens is 1. The van der Waals surface area contributed by atoms with Crippen LogP contribution in [0.25, 0.3) is 10.9 Å². The molecule has 0 spiro atoms. The minimum absolute atomic E-state index is 0.0268. The quantitative estimate of drug-likeness (QED) is 0.664. The maximum atomic E-state index is 15.2. The van der Waals surface area contributed by atoms with Crippen molar-refractivity contribution in [2.24, 2.45) is 5.92 Å². The standard InChI is InChI=1S/C20H23FN2O6/c1-29-19-16-12(18(26)13(20(27)28)8-23(16)11-2-3-11)6-14(21)17(19)22-5-4-10(7-22)15(25)9-24/h6,8,10-11,15,24-25H,2-5,7,9H2,1H3,(H,27,28)/t10-,15?/m1/s1. The monoisotopic (exact) mass is 406 g/mol. The Kier molecular flexibility index (Phi) is 4.95. The van der Waals surface area contributed by atoms with Gasteiger partial charge in [0.2, 0.25) is 5.43 Å². The average molecular weight is 406 g/mol. The van der Waals surface area contributed by atoms with E-state index in [1.165, 1.54) is 13.3 Å². The number of aliphatic hydroxyl groups is 2. The summed E-state index contributed by atoms with van der Waals surface area (Å²) in [5.41, 5.74) is -0.578. The maximum Gasteiger partial charge on any atom is 0.341 e. The molecule has 1 saturated carbocycles. The van der Waals surface area contributed by atoms with Gasteiger partial charge in [0.15, 0.2) is 11.6 Å². The molecule has 0 radical (unpaired) electrons. The van der Waals surface area contributed by atoms with E-state index in [1.807, 2.05) is 0 Å². The SMILES string of the molecule is COc1c(N2CC[C@@H](C(O)CO)C2)c(F)cc2c(=O)c(C(=O)O)cn(C3CC3)c12. The van der Waals surface area contributed by atoms with Crippen LogP contribution in [0.1, 0.15) is 35.7 Å². The molecule has 1 unspecified atom stereocenters. The number of carboxylic acids is 1. The topological polar surface area (TPSA) is 112 Å². The Balaban J connectivity index is 1.93. The molecule has 0 amide bonds. The molecule has 1 aliphatic carbocycles.